The van der Waals surface area contributed by atoms with E-state index in [1.165, 1.54) is 6.42 Å². The lowest BCUT2D eigenvalue weighted by atomic mass is 9.90. The lowest BCUT2D eigenvalue weighted by Gasteiger charge is -2.36. The van der Waals surface area contributed by atoms with Crippen molar-refractivity contribution >= 4 is 17.7 Å². The van der Waals surface area contributed by atoms with Gasteiger partial charge in [0.1, 0.15) is 0 Å². The Bertz CT molecular complexity index is 655. The van der Waals surface area contributed by atoms with Crippen molar-refractivity contribution in [1.29, 1.82) is 0 Å². The van der Waals surface area contributed by atoms with Gasteiger partial charge in [-0.1, -0.05) is 11.9 Å². The van der Waals surface area contributed by atoms with Crippen molar-refractivity contribution in [2.75, 3.05) is 36.5 Å². The summed E-state index contributed by atoms with van der Waals surface area (Å²) < 4.78 is 11.7. The van der Waals surface area contributed by atoms with Crippen molar-refractivity contribution in [3.05, 3.63) is 17.1 Å². The maximum atomic E-state index is 13.1. The Balaban J connectivity index is 2.02. The maximum absolute atomic E-state index is 13.1. The summed E-state index contributed by atoms with van der Waals surface area (Å²) in [5, 5.41) is 15.7. The van der Waals surface area contributed by atoms with E-state index in [2.05, 4.69) is 10.2 Å². The summed E-state index contributed by atoms with van der Waals surface area (Å²) in [6, 6.07) is 1.64. The Kier molecular flexibility index (Phi) is 6.36. The van der Waals surface area contributed by atoms with Crippen molar-refractivity contribution in [1.82, 2.24) is 4.98 Å². The van der Waals surface area contributed by atoms with Crippen LogP contribution in [0, 0.1) is 5.21 Å². The third-order valence-corrected chi connectivity index (χ3v) is 5.41. The summed E-state index contributed by atoms with van der Waals surface area (Å²) in [5.41, 5.74) is -0.711. The van der Waals surface area contributed by atoms with Gasteiger partial charge in [-0.3, -0.25) is 0 Å². The van der Waals surface area contributed by atoms with Crippen molar-refractivity contribution < 1.29 is 19.0 Å². The second-order valence-electron chi connectivity index (χ2n) is 7.16. The van der Waals surface area contributed by atoms with Gasteiger partial charge in [-0.05, 0) is 51.9 Å². The monoisotopic (exact) mass is 378 g/mol. The van der Waals surface area contributed by atoms with Crippen LogP contribution >= 0.6 is 0 Å². The van der Waals surface area contributed by atoms with Crippen molar-refractivity contribution in [3.8, 4) is 0 Å². The summed E-state index contributed by atoms with van der Waals surface area (Å²) in [6.45, 7) is 6.39. The Morgan fingerprint density at radius 1 is 1.33 bits per heavy atom. The number of hydrogen-bond acceptors (Lipinski definition) is 6. The lowest BCUT2D eigenvalue weighted by molar-refractivity contribution is -0.613. The SMILES string of the molecule is CCOC(=O)Nc1cc(N2CCCCC2)nc(C2(CC)CCCCO2)[n+]1[O-]. The minimum absolute atomic E-state index is 0.140. The van der Waals surface area contributed by atoms with Crippen LogP contribution in [0.2, 0.25) is 0 Å². The maximum Gasteiger partial charge on any atom is 0.473 e. The number of amides is 1. The number of nitrogens with one attached hydrogen (secondary N) is 1. The number of aromatic nitrogens is 2. The first kappa shape index (κ1) is 19.7. The molecule has 1 atom stereocenters. The third kappa shape index (κ3) is 4.26. The molecule has 2 aliphatic heterocycles. The molecule has 1 unspecified atom stereocenters. The van der Waals surface area contributed by atoms with Crippen LogP contribution in [0.5, 0.6) is 0 Å². The molecule has 0 aliphatic carbocycles. The average molecular weight is 378 g/mol. The summed E-state index contributed by atoms with van der Waals surface area (Å²) in [6.07, 6.45) is 6.14. The first-order chi connectivity index (χ1) is 13.1. The molecule has 1 amide bonds. The number of carbonyl (C=O) groups excluding carboxylic acids is 1. The molecule has 27 heavy (non-hydrogen) atoms. The van der Waals surface area contributed by atoms with Crippen LogP contribution in [0.3, 0.4) is 0 Å². The number of rotatable bonds is 5. The zero-order valence-corrected chi connectivity index (χ0v) is 16.3. The highest BCUT2D eigenvalue weighted by Gasteiger charge is 2.42. The van der Waals surface area contributed by atoms with Gasteiger partial charge in [0.05, 0.1) is 12.7 Å². The van der Waals surface area contributed by atoms with Gasteiger partial charge in [-0.15, -0.1) is 0 Å². The fraction of sp³-hybridized carbons (Fsp3) is 0.737. The molecular weight excluding hydrogens is 348 g/mol. The first-order valence-electron chi connectivity index (χ1n) is 10.1. The Hall–Kier alpha value is -2.09. The zero-order chi connectivity index (χ0) is 19.3. The minimum Gasteiger partial charge on any atom is -0.740 e. The highest BCUT2D eigenvalue weighted by atomic mass is 16.5. The van der Waals surface area contributed by atoms with E-state index in [1.807, 2.05) is 6.92 Å². The topological polar surface area (TPSA) is 90.6 Å². The van der Waals surface area contributed by atoms with E-state index in [4.69, 9.17) is 14.5 Å². The molecule has 150 valence electrons. The molecule has 8 heteroatoms. The standard InChI is InChI=1S/C19H30N4O4/c1-3-19(10-6-9-13-27-19)17-20-15(22-11-7-5-8-12-22)14-16(23(17)25)21-18(24)26-4-2/h14H,3-13H2,1-2H3,(H,21,24). The average Bonchev–Trinajstić information content (AvgIpc) is 2.71. The van der Waals surface area contributed by atoms with Gasteiger partial charge < -0.3 is 19.6 Å². The quantitative estimate of drug-likeness (QED) is 0.625. The molecule has 1 aromatic rings. The molecule has 2 aliphatic rings. The van der Waals surface area contributed by atoms with E-state index in [9.17, 15) is 10.0 Å². The lowest BCUT2D eigenvalue weighted by Crippen LogP contribution is -2.49. The van der Waals surface area contributed by atoms with E-state index in [0.29, 0.717) is 29.4 Å². The van der Waals surface area contributed by atoms with E-state index in [0.717, 1.165) is 45.2 Å². The van der Waals surface area contributed by atoms with Gasteiger partial charge in [0, 0.05) is 19.7 Å². The number of nitrogens with zero attached hydrogens (tertiary/aromatic N) is 3. The Morgan fingerprint density at radius 3 is 2.74 bits per heavy atom. The van der Waals surface area contributed by atoms with Gasteiger partial charge in [0.2, 0.25) is 11.6 Å². The first-order valence-corrected chi connectivity index (χ1v) is 10.1. The number of anilines is 2. The molecule has 1 aromatic heterocycles. The van der Waals surface area contributed by atoms with E-state index in [-0.39, 0.29) is 12.4 Å². The normalized spacial score (nSPS) is 23.1. The summed E-state index contributed by atoms with van der Waals surface area (Å²) in [7, 11) is 0. The van der Waals surface area contributed by atoms with Crippen LogP contribution in [0.1, 0.15) is 64.6 Å². The Morgan fingerprint density at radius 2 is 2.11 bits per heavy atom. The number of ether oxygens (including phenoxy) is 2. The molecule has 3 rings (SSSR count). The van der Waals surface area contributed by atoms with Crippen molar-refractivity contribution in [3.63, 3.8) is 0 Å². The van der Waals surface area contributed by atoms with Gasteiger partial charge in [-0.25, -0.2) is 14.8 Å². The molecule has 0 saturated carbocycles. The molecule has 2 fully saturated rings. The van der Waals surface area contributed by atoms with Crippen molar-refractivity contribution in [2.45, 2.75) is 64.4 Å². The van der Waals surface area contributed by atoms with Crippen molar-refractivity contribution in [2.24, 2.45) is 0 Å². The molecule has 0 aromatic carbocycles. The number of carbonyl (C=O) groups is 1. The molecule has 0 bridgehead atoms. The number of piperidine rings is 1. The molecule has 1 N–H and O–H groups in total. The molecule has 3 heterocycles. The summed E-state index contributed by atoms with van der Waals surface area (Å²) in [5.74, 6) is 1.19. The zero-order valence-electron chi connectivity index (χ0n) is 16.3. The molecule has 8 nitrogen and oxygen atoms in total. The summed E-state index contributed by atoms with van der Waals surface area (Å²) in [4.78, 5) is 18.9. The van der Waals surface area contributed by atoms with Crippen LogP contribution < -0.4 is 14.9 Å². The fourth-order valence-electron chi connectivity index (χ4n) is 3.88. The second kappa shape index (κ2) is 8.73. The predicted octanol–water partition coefficient (Wildman–Crippen LogP) is 3.08. The second-order valence-corrected chi connectivity index (χ2v) is 7.16. The highest BCUT2D eigenvalue weighted by Crippen LogP contribution is 2.37. The highest BCUT2D eigenvalue weighted by molar-refractivity contribution is 5.82. The van der Waals surface area contributed by atoms with Crippen LogP contribution in [0.15, 0.2) is 6.07 Å². The molecular formula is C19H30N4O4. The van der Waals surface area contributed by atoms with Crippen LogP contribution in [-0.2, 0) is 15.1 Å². The van der Waals surface area contributed by atoms with E-state index in [1.54, 1.807) is 13.0 Å². The van der Waals surface area contributed by atoms with Crippen LogP contribution in [0.4, 0.5) is 16.4 Å². The van der Waals surface area contributed by atoms with Crippen LogP contribution in [0.25, 0.3) is 0 Å². The number of hydrogen-bond donors (Lipinski definition) is 1. The minimum atomic E-state index is -0.711. The van der Waals surface area contributed by atoms with Gasteiger partial charge in [0.25, 0.3) is 5.82 Å². The third-order valence-electron chi connectivity index (χ3n) is 5.41. The molecule has 0 radical (unpaired) electrons. The summed E-state index contributed by atoms with van der Waals surface area (Å²) >= 11 is 0. The van der Waals surface area contributed by atoms with Gasteiger partial charge in [0.15, 0.2) is 5.60 Å². The predicted molar refractivity (Wildman–Crippen MR) is 102 cm³/mol. The molecule has 2 saturated heterocycles. The van der Waals surface area contributed by atoms with Gasteiger partial charge >= 0.3 is 6.09 Å². The van der Waals surface area contributed by atoms with E-state index >= 15 is 0 Å². The van der Waals surface area contributed by atoms with E-state index < -0.39 is 11.7 Å². The van der Waals surface area contributed by atoms with Gasteiger partial charge in [-0.2, -0.15) is 0 Å². The smallest absolute Gasteiger partial charge is 0.473 e. The molecule has 0 spiro atoms. The van der Waals surface area contributed by atoms with Crippen LogP contribution in [-0.4, -0.2) is 37.4 Å². The fourth-order valence-corrected chi connectivity index (χ4v) is 3.88. The Labute approximate surface area is 160 Å². The largest absolute Gasteiger partial charge is 0.740 e.